The van der Waals surface area contributed by atoms with Gasteiger partial charge in [0.05, 0.1) is 0 Å². The van der Waals surface area contributed by atoms with Gasteiger partial charge in [-0.2, -0.15) is 21.9 Å². The zero-order valence-corrected chi connectivity index (χ0v) is 14.7. The maximum Gasteiger partial charge on any atom is 0.158 e. The van der Waals surface area contributed by atoms with Crippen LogP contribution in [0.2, 0.25) is 0 Å². The summed E-state index contributed by atoms with van der Waals surface area (Å²) in [4.78, 5) is 0. The molecule has 0 nitrogen and oxygen atoms in total. The topological polar surface area (TPSA) is 0 Å². The third-order valence-corrected chi connectivity index (χ3v) is 5.34. The zero-order valence-electron chi connectivity index (χ0n) is 14.7. The van der Waals surface area contributed by atoms with Crippen LogP contribution in [0.3, 0.4) is 0 Å². The Kier molecular flexibility index (Phi) is 4.60. The Morgan fingerprint density at radius 2 is 0.815 bits per heavy atom. The summed E-state index contributed by atoms with van der Waals surface area (Å²) in [6, 6.07) is 34.4. The first-order chi connectivity index (χ1) is 13.2. The van der Waals surface area contributed by atoms with E-state index in [4.69, 9.17) is 0 Å². The molecule has 0 unspecified atom stereocenters. The largest absolute Gasteiger partial charge is 0.204 e. The summed E-state index contributed by atoms with van der Waals surface area (Å²) in [7, 11) is 0. The molecule has 0 spiro atoms. The Bertz CT molecular complexity index is 935. The zero-order chi connectivity index (χ0) is 18.7. The summed E-state index contributed by atoms with van der Waals surface area (Å²) >= 11 is 0. The van der Waals surface area contributed by atoms with Gasteiger partial charge in [0.2, 0.25) is 0 Å². The van der Waals surface area contributed by atoms with Gasteiger partial charge < -0.3 is 0 Å². The van der Waals surface area contributed by atoms with E-state index >= 15 is 0 Å². The van der Waals surface area contributed by atoms with Crippen LogP contribution in [0.4, 0.5) is 8.78 Å². The fourth-order valence-corrected chi connectivity index (χ4v) is 4.16. The van der Waals surface area contributed by atoms with Crippen LogP contribution in [0.1, 0.15) is 0 Å². The molecule has 0 saturated carbocycles. The summed E-state index contributed by atoms with van der Waals surface area (Å²) in [5.74, 6) is -1.67. The summed E-state index contributed by atoms with van der Waals surface area (Å²) in [6.45, 7) is 0. The van der Waals surface area contributed by atoms with Crippen LogP contribution >= 0.6 is 0 Å². The minimum absolute atomic E-state index is 0.748. The van der Waals surface area contributed by atoms with Crippen molar-refractivity contribution < 1.29 is 8.78 Å². The predicted molar refractivity (Wildman–Crippen MR) is 110 cm³/mol. The van der Waals surface area contributed by atoms with Gasteiger partial charge in [-0.25, -0.2) is 8.78 Å². The molecule has 0 radical (unpaired) electrons. The molecule has 4 aromatic rings. The van der Waals surface area contributed by atoms with Crippen molar-refractivity contribution in [1.29, 1.82) is 0 Å². The normalized spacial score (nSPS) is 11.3. The molecular formula is C24H18BF2-. The molecule has 3 heteroatoms. The van der Waals surface area contributed by atoms with Crippen molar-refractivity contribution in [1.82, 2.24) is 0 Å². The Morgan fingerprint density at radius 3 is 1.19 bits per heavy atom. The molecule has 4 aromatic carbocycles. The molecule has 0 N–H and O–H groups in total. The van der Waals surface area contributed by atoms with Gasteiger partial charge in [-0.15, -0.1) is 0 Å². The highest BCUT2D eigenvalue weighted by atomic mass is 19.2. The van der Waals surface area contributed by atoms with Crippen LogP contribution in [0, 0.1) is 11.6 Å². The highest BCUT2D eigenvalue weighted by Gasteiger charge is 2.31. The second-order valence-corrected chi connectivity index (χ2v) is 6.77. The van der Waals surface area contributed by atoms with Crippen molar-refractivity contribution in [2.24, 2.45) is 0 Å². The van der Waals surface area contributed by atoms with Gasteiger partial charge in [-0.1, -0.05) is 103 Å². The molecule has 0 aromatic heterocycles. The van der Waals surface area contributed by atoms with Gasteiger partial charge in [0.15, 0.2) is 11.6 Å². The Morgan fingerprint density at radius 1 is 0.407 bits per heavy atom. The average Bonchev–Trinajstić information content (AvgIpc) is 2.74. The molecule has 132 valence electrons. The summed E-state index contributed by atoms with van der Waals surface area (Å²) < 4.78 is 28.0. The van der Waals surface area contributed by atoms with E-state index in [1.165, 1.54) is 12.1 Å². The van der Waals surface area contributed by atoms with E-state index in [1.807, 2.05) is 54.6 Å². The highest BCUT2D eigenvalue weighted by molar-refractivity contribution is 7.19. The van der Waals surface area contributed by atoms with Crippen LogP contribution in [0.5, 0.6) is 0 Å². The Labute approximate surface area is 158 Å². The lowest BCUT2D eigenvalue weighted by atomic mass is 9.13. The fourth-order valence-electron chi connectivity index (χ4n) is 4.16. The van der Waals surface area contributed by atoms with E-state index < -0.39 is 17.8 Å². The van der Waals surface area contributed by atoms with Crippen LogP contribution < -0.4 is 21.9 Å². The number of rotatable bonds is 4. The Balaban J connectivity index is 2.14. The molecule has 27 heavy (non-hydrogen) atoms. The minimum Gasteiger partial charge on any atom is -0.204 e. The van der Waals surface area contributed by atoms with Gasteiger partial charge in [-0.3, -0.25) is 0 Å². The van der Waals surface area contributed by atoms with E-state index in [-0.39, 0.29) is 0 Å². The molecule has 0 heterocycles. The molecule has 0 aliphatic carbocycles. The van der Waals surface area contributed by atoms with E-state index in [2.05, 4.69) is 36.4 Å². The summed E-state index contributed by atoms with van der Waals surface area (Å²) in [5.41, 5.74) is 3.92. The van der Waals surface area contributed by atoms with Gasteiger partial charge in [0.1, 0.15) is 6.15 Å². The maximum atomic E-state index is 14.3. The van der Waals surface area contributed by atoms with Crippen LogP contribution in [0.15, 0.2) is 109 Å². The van der Waals surface area contributed by atoms with Gasteiger partial charge >= 0.3 is 0 Å². The van der Waals surface area contributed by atoms with Crippen molar-refractivity contribution in [3.05, 3.63) is 121 Å². The first-order valence-electron chi connectivity index (χ1n) is 9.00. The van der Waals surface area contributed by atoms with E-state index in [0.717, 1.165) is 21.9 Å². The second-order valence-electron chi connectivity index (χ2n) is 6.77. The van der Waals surface area contributed by atoms with Gasteiger partial charge in [0, 0.05) is 0 Å². The van der Waals surface area contributed by atoms with Crippen molar-refractivity contribution in [3.8, 4) is 0 Å². The molecule has 4 rings (SSSR count). The number of halogens is 2. The lowest BCUT2D eigenvalue weighted by molar-refractivity contribution is 0.509. The Hall–Kier alpha value is -3.20. The predicted octanol–water partition coefficient (Wildman–Crippen LogP) is 3.34. The van der Waals surface area contributed by atoms with Crippen molar-refractivity contribution in [3.63, 3.8) is 0 Å². The van der Waals surface area contributed by atoms with Crippen molar-refractivity contribution in [2.75, 3.05) is 0 Å². The van der Waals surface area contributed by atoms with Gasteiger partial charge in [-0.05, 0) is 6.07 Å². The van der Waals surface area contributed by atoms with E-state index in [9.17, 15) is 8.78 Å². The molecule has 0 bridgehead atoms. The standard InChI is InChI=1S/C24H18BF2/c26-23-17-16-22(18-24(23)27)25(19-10-4-1-5-11-19,20-12-6-2-7-13-20)21-14-8-3-9-15-21/h1-18H/q-1. The first kappa shape index (κ1) is 17.2. The molecule has 0 fully saturated rings. The SMILES string of the molecule is Fc1ccc([B-](c2ccccc2)(c2ccccc2)c2ccccc2)cc1F. The van der Waals surface area contributed by atoms with Crippen molar-refractivity contribution in [2.45, 2.75) is 0 Å². The minimum atomic E-state index is -1.66. The molecular weight excluding hydrogens is 337 g/mol. The third-order valence-electron chi connectivity index (χ3n) is 5.34. The van der Waals surface area contributed by atoms with Gasteiger partial charge in [0.25, 0.3) is 0 Å². The number of benzene rings is 4. The van der Waals surface area contributed by atoms with Crippen LogP contribution in [0.25, 0.3) is 0 Å². The smallest absolute Gasteiger partial charge is 0.158 e. The van der Waals surface area contributed by atoms with E-state index in [1.54, 1.807) is 6.07 Å². The van der Waals surface area contributed by atoms with Crippen LogP contribution in [-0.4, -0.2) is 6.15 Å². The first-order valence-corrected chi connectivity index (χ1v) is 9.00. The lowest BCUT2D eigenvalue weighted by Crippen LogP contribution is -2.74. The molecule has 0 aliphatic heterocycles. The summed E-state index contributed by atoms with van der Waals surface area (Å²) in [5, 5.41) is 0. The van der Waals surface area contributed by atoms with Crippen LogP contribution in [-0.2, 0) is 0 Å². The fraction of sp³-hybridized carbons (Fsp3) is 0. The second kappa shape index (κ2) is 7.20. The summed E-state index contributed by atoms with van der Waals surface area (Å²) in [6.07, 6.45) is -1.66. The maximum absolute atomic E-state index is 14.3. The lowest BCUT2D eigenvalue weighted by Gasteiger charge is -2.44. The third kappa shape index (κ3) is 2.95. The average molecular weight is 355 g/mol. The highest BCUT2D eigenvalue weighted by Crippen LogP contribution is 2.11. The molecule has 0 amide bonds. The number of hydrogen-bond donors (Lipinski definition) is 0. The molecule has 0 aliphatic rings. The molecule has 0 saturated heterocycles. The van der Waals surface area contributed by atoms with Crippen molar-refractivity contribution >= 4 is 28.0 Å². The molecule has 0 atom stereocenters. The van der Waals surface area contributed by atoms with E-state index in [0.29, 0.717) is 0 Å². The quantitative estimate of drug-likeness (QED) is 0.493. The number of hydrogen-bond acceptors (Lipinski definition) is 0. The monoisotopic (exact) mass is 355 g/mol.